The summed E-state index contributed by atoms with van der Waals surface area (Å²) in [6, 6.07) is 5.92. The fraction of sp³-hybridized carbons (Fsp3) is 0.429. The zero-order valence-electron chi connectivity index (χ0n) is 17.8. The third-order valence-electron chi connectivity index (χ3n) is 4.73. The van der Waals surface area contributed by atoms with Crippen LogP contribution < -0.4 is 5.32 Å². The molecule has 10 heteroatoms. The molecule has 0 amide bonds. The van der Waals surface area contributed by atoms with Crippen molar-refractivity contribution >= 4 is 42.0 Å². The topological polar surface area (TPSA) is 108 Å². The molecule has 0 fully saturated rings. The average molecular weight is 467 g/mol. The molecule has 1 aromatic carbocycles. The van der Waals surface area contributed by atoms with Gasteiger partial charge in [-0.1, -0.05) is 12.1 Å². The summed E-state index contributed by atoms with van der Waals surface area (Å²) in [5.74, 6) is -2.07. The van der Waals surface area contributed by atoms with Crippen molar-refractivity contribution in [3.05, 3.63) is 62.5 Å². The predicted octanol–water partition coefficient (Wildman–Crippen LogP) is 3.94. The first-order chi connectivity index (χ1) is 14.8. The number of dihydropyridines is 1. The molecule has 8 nitrogen and oxygen atoms in total. The Hall–Kier alpha value is -2.46. The largest absolute Gasteiger partial charge is 0.463 e. The lowest BCUT2D eigenvalue weighted by atomic mass is 9.79. The molecule has 0 aliphatic carbocycles. The molecule has 1 aromatic rings. The molecule has 1 aliphatic heterocycles. The second kappa shape index (κ2) is 11.2. The maximum Gasteiger partial charge on any atom is 0.336 e. The first-order valence-corrected chi connectivity index (χ1v) is 11.5. The van der Waals surface area contributed by atoms with Crippen LogP contribution >= 0.6 is 24.4 Å². The smallest absolute Gasteiger partial charge is 0.336 e. The number of allylic oxidation sites excluding steroid dienone is 1. The van der Waals surface area contributed by atoms with Crippen molar-refractivity contribution in [1.29, 1.82) is 0 Å². The highest BCUT2D eigenvalue weighted by Crippen LogP contribution is 2.42. The van der Waals surface area contributed by atoms with Gasteiger partial charge in [-0.2, -0.15) is 12.6 Å². The normalized spacial score (nSPS) is 17.1. The summed E-state index contributed by atoms with van der Waals surface area (Å²) in [4.78, 5) is 36.8. The van der Waals surface area contributed by atoms with Crippen LogP contribution in [0.15, 0.2) is 46.8 Å². The number of thiol groups is 1. The molecule has 2 atom stereocenters. The van der Waals surface area contributed by atoms with Crippen molar-refractivity contribution in [2.24, 2.45) is 0 Å². The van der Waals surface area contributed by atoms with Gasteiger partial charge >= 0.3 is 11.9 Å². The van der Waals surface area contributed by atoms with Crippen LogP contribution in [-0.4, -0.2) is 40.4 Å². The Labute approximate surface area is 191 Å². The quantitative estimate of drug-likeness (QED) is 0.185. The van der Waals surface area contributed by atoms with Crippen LogP contribution in [0.5, 0.6) is 0 Å². The minimum atomic E-state index is -0.878. The van der Waals surface area contributed by atoms with Gasteiger partial charge in [-0.15, -0.1) is 11.8 Å². The molecule has 0 radical (unpaired) electrons. The van der Waals surface area contributed by atoms with Crippen molar-refractivity contribution in [3.63, 3.8) is 0 Å². The average Bonchev–Trinajstić information content (AvgIpc) is 2.73. The number of esters is 2. The highest BCUT2D eigenvalue weighted by Gasteiger charge is 2.40. The van der Waals surface area contributed by atoms with E-state index in [1.165, 1.54) is 30.0 Å². The number of ether oxygens (including phenoxy) is 2. The summed E-state index contributed by atoms with van der Waals surface area (Å²) >= 11 is 5.76. The van der Waals surface area contributed by atoms with Crippen molar-refractivity contribution in [2.75, 3.05) is 18.3 Å². The van der Waals surface area contributed by atoms with Gasteiger partial charge in [0.15, 0.2) is 0 Å². The fourth-order valence-electron chi connectivity index (χ4n) is 3.44. The number of nitrogens with one attached hydrogen (secondary N) is 1. The number of carbonyl (C=O) groups is 2. The van der Waals surface area contributed by atoms with E-state index in [1.807, 2.05) is 6.92 Å². The Morgan fingerprint density at radius 3 is 2.39 bits per heavy atom. The number of non-ortho nitro benzene ring substituents is 1. The van der Waals surface area contributed by atoms with Gasteiger partial charge in [0.1, 0.15) is 0 Å². The monoisotopic (exact) mass is 466 g/mol. The Morgan fingerprint density at radius 2 is 1.84 bits per heavy atom. The Balaban J connectivity index is 2.80. The summed E-state index contributed by atoms with van der Waals surface area (Å²) < 4.78 is 10.6. The molecule has 1 heterocycles. The van der Waals surface area contributed by atoms with E-state index >= 15 is 0 Å². The highest BCUT2D eigenvalue weighted by molar-refractivity contribution is 8.09. The van der Waals surface area contributed by atoms with Crippen molar-refractivity contribution in [3.8, 4) is 0 Å². The van der Waals surface area contributed by atoms with E-state index in [2.05, 4.69) is 17.9 Å². The number of nitro benzene ring substituents is 1. The summed E-state index contributed by atoms with van der Waals surface area (Å²) in [5, 5.41) is 14.9. The fourth-order valence-corrected chi connectivity index (χ4v) is 4.68. The van der Waals surface area contributed by atoms with E-state index in [0.29, 0.717) is 22.0 Å². The van der Waals surface area contributed by atoms with E-state index < -0.39 is 22.8 Å². The van der Waals surface area contributed by atoms with E-state index in [-0.39, 0.29) is 35.3 Å². The van der Waals surface area contributed by atoms with Crippen LogP contribution in [0.1, 0.15) is 39.2 Å². The molecule has 2 rings (SSSR count). The van der Waals surface area contributed by atoms with E-state index in [4.69, 9.17) is 9.47 Å². The molecule has 0 saturated heterocycles. The van der Waals surface area contributed by atoms with Crippen LogP contribution in [0.2, 0.25) is 0 Å². The van der Waals surface area contributed by atoms with Gasteiger partial charge in [-0.3, -0.25) is 10.1 Å². The van der Waals surface area contributed by atoms with Crippen molar-refractivity contribution in [2.45, 2.75) is 38.9 Å². The molecule has 0 bridgehead atoms. The van der Waals surface area contributed by atoms with Gasteiger partial charge in [0, 0.05) is 33.9 Å². The van der Waals surface area contributed by atoms with Gasteiger partial charge in [0.25, 0.3) is 5.69 Å². The van der Waals surface area contributed by atoms with Crippen molar-refractivity contribution < 1.29 is 24.0 Å². The molecular formula is C21H26N2O6S2. The molecule has 0 saturated carbocycles. The molecule has 1 aliphatic rings. The number of nitrogens with zero attached hydrogens (tertiary/aromatic N) is 1. The molecule has 0 spiro atoms. The zero-order chi connectivity index (χ0) is 23.1. The number of hydrogen-bond donors (Lipinski definition) is 2. The van der Waals surface area contributed by atoms with Crippen LogP contribution in [0.3, 0.4) is 0 Å². The van der Waals surface area contributed by atoms with Crippen molar-refractivity contribution in [1.82, 2.24) is 5.32 Å². The Morgan fingerprint density at radius 1 is 1.23 bits per heavy atom. The zero-order valence-corrected chi connectivity index (χ0v) is 19.5. The van der Waals surface area contributed by atoms with Gasteiger partial charge < -0.3 is 14.8 Å². The summed E-state index contributed by atoms with van der Waals surface area (Å²) in [7, 11) is 0. The lowest BCUT2D eigenvalue weighted by Gasteiger charge is -2.33. The summed E-state index contributed by atoms with van der Waals surface area (Å²) in [6.07, 6.45) is 0. The van der Waals surface area contributed by atoms with Gasteiger partial charge in [-0.05, 0) is 33.3 Å². The number of carbonyl (C=O) groups excluding carboxylic acids is 2. The van der Waals surface area contributed by atoms with E-state index in [9.17, 15) is 19.7 Å². The second-order valence-electron chi connectivity index (χ2n) is 6.66. The van der Waals surface area contributed by atoms with Gasteiger partial charge in [0.05, 0.1) is 35.2 Å². The Kier molecular flexibility index (Phi) is 9.00. The molecular weight excluding hydrogens is 440 g/mol. The van der Waals surface area contributed by atoms with Crippen LogP contribution in [-0.2, 0) is 19.1 Å². The summed E-state index contributed by atoms with van der Waals surface area (Å²) in [5.41, 5.74) is 1.85. The number of thioether (sulfide) groups is 1. The number of rotatable bonds is 9. The molecule has 1 N–H and O–H groups in total. The minimum Gasteiger partial charge on any atom is -0.463 e. The number of nitro groups is 1. The third-order valence-corrected chi connectivity index (χ3v) is 6.06. The predicted molar refractivity (Wildman–Crippen MR) is 123 cm³/mol. The maximum absolute atomic E-state index is 13.1. The van der Waals surface area contributed by atoms with E-state index in [0.717, 1.165) is 0 Å². The lowest BCUT2D eigenvalue weighted by molar-refractivity contribution is -0.384. The first-order valence-electron chi connectivity index (χ1n) is 9.79. The lowest BCUT2D eigenvalue weighted by Crippen LogP contribution is -2.36. The van der Waals surface area contributed by atoms with Crippen LogP contribution in [0.4, 0.5) is 5.69 Å². The SMILES string of the molecule is CCOC(=O)C1=C(C)NC(C(C)SCS)=C(C(=O)OCC)C1c1cccc([N+](=O)[O-])c1. The standard InChI is InChI=1S/C21H26N2O6S2/c1-5-28-20(24)16-12(3)22-19(13(4)31-11-30)18(21(25)29-6-2)17(16)14-8-7-9-15(10-14)23(26)27/h7-10,13,17,22,30H,5-6,11H2,1-4H3. The van der Waals surface area contributed by atoms with Gasteiger partial charge in [0.2, 0.25) is 0 Å². The summed E-state index contributed by atoms with van der Waals surface area (Å²) in [6.45, 7) is 7.30. The van der Waals surface area contributed by atoms with E-state index in [1.54, 1.807) is 26.8 Å². The molecule has 2 unspecified atom stereocenters. The van der Waals surface area contributed by atoms with Crippen LogP contribution in [0, 0.1) is 10.1 Å². The number of benzene rings is 1. The minimum absolute atomic E-state index is 0.139. The second-order valence-corrected chi connectivity index (χ2v) is 8.73. The Bertz CT molecular complexity index is 928. The third kappa shape index (κ3) is 5.62. The van der Waals surface area contributed by atoms with Crippen LogP contribution in [0.25, 0.3) is 0 Å². The maximum atomic E-state index is 13.1. The first kappa shape index (κ1) is 24.8. The molecule has 0 aromatic heterocycles. The number of hydrogen-bond acceptors (Lipinski definition) is 9. The van der Waals surface area contributed by atoms with Gasteiger partial charge in [-0.25, -0.2) is 9.59 Å². The molecule has 31 heavy (non-hydrogen) atoms. The highest BCUT2D eigenvalue weighted by atomic mass is 32.2. The molecule has 168 valence electrons.